The van der Waals surface area contributed by atoms with Crippen LogP contribution in [0.15, 0.2) is 28.5 Å². The molecule has 0 spiro atoms. The molecule has 0 aliphatic carbocycles. The number of hydrogen-bond acceptors (Lipinski definition) is 3. The molecule has 1 N–H and O–H groups in total. The summed E-state index contributed by atoms with van der Waals surface area (Å²) in [6.45, 7) is -0.355. The quantitative estimate of drug-likeness (QED) is 0.634. The van der Waals surface area contributed by atoms with Crippen molar-refractivity contribution in [3.63, 3.8) is 0 Å². The smallest absolute Gasteiger partial charge is 0.324 e. The Hall–Kier alpha value is -2.05. The molecule has 1 aromatic carbocycles. The Labute approximate surface area is 90.0 Å². The van der Waals surface area contributed by atoms with Gasteiger partial charge in [-0.25, -0.2) is 8.78 Å². The molecule has 16 heavy (non-hydrogen) atoms. The summed E-state index contributed by atoms with van der Waals surface area (Å²) < 4.78 is 25.6. The SMILES string of the molecule is CN(CC(=O)O)/N=N/c1ccc(F)cc1F. The summed E-state index contributed by atoms with van der Waals surface area (Å²) in [5, 5.41) is 16.3. The minimum atomic E-state index is -1.08. The van der Waals surface area contributed by atoms with Crippen molar-refractivity contribution in [1.82, 2.24) is 5.01 Å². The average molecular weight is 229 g/mol. The van der Waals surface area contributed by atoms with E-state index in [-0.39, 0.29) is 12.2 Å². The molecule has 0 unspecified atom stereocenters. The van der Waals surface area contributed by atoms with Gasteiger partial charge in [-0.2, -0.15) is 0 Å². The molecular formula is C9H9F2N3O2. The molecule has 1 aromatic rings. The number of carbonyl (C=O) groups is 1. The molecule has 0 bridgehead atoms. The normalized spacial score (nSPS) is 10.7. The van der Waals surface area contributed by atoms with Crippen LogP contribution < -0.4 is 0 Å². The molecule has 86 valence electrons. The van der Waals surface area contributed by atoms with Gasteiger partial charge in [-0.05, 0) is 12.1 Å². The van der Waals surface area contributed by atoms with Crippen molar-refractivity contribution in [1.29, 1.82) is 0 Å². The average Bonchev–Trinajstić information content (AvgIpc) is 2.15. The van der Waals surface area contributed by atoms with Crippen LogP contribution >= 0.6 is 0 Å². The summed E-state index contributed by atoms with van der Waals surface area (Å²) in [6.07, 6.45) is 0. The predicted molar refractivity (Wildman–Crippen MR) is 51.1 cm³/mol. The molecule has 0 aliphatic rings. The lowest BCUT2D eigenvalue weighted by Crippen LogP contribution is -2.19. The van der Waals surface area contributed by atoms with Crippen molar-refractivity contribution in [3.8, 4) is 0 Å². The third-order valence-corrected chi connectivity index (χ3v) is 1.58. The zero-order valence-electron chi connectivity index (χ0n) is 8.39. The highest BCUT2D eigenvalue weighted by molar-refractivity contribution is 5.68. The van der Waals surface area contributed by atoms with E-state index in [1.807, 2.05) is 0 Å². The molecule has 7 heteroatoms. The van der Waals surface area contributed by atoms with Crippen molar-refractivity contribution in [3.05, 3.63) is 29.8 Å². The molecule has 0 aliphatic heterocycles. The van der Waals surface area contributed by atoms with Crippen LogP contribution in [-0.4, -0.2) is 29.7 Å². The first kappa shape index (κ1) is 12.0. The summed E-state index contributed by atoms with van der Waals surface area (Å²) in [5.74, 6) is -2.65. The standard InChI is InChI=1S/C9H9F2N3O2/c1-14(5-9(15)16)13-12-8-3-2-6(10)4-7(8)11/h2-4H,5H2,1H3,(H,15,16)/b13-12+. The Bertz CT molecular complexity index is 423. The zero-order chi connectivity index (χ0) is 12.1. The summed E-state index contributed by atoms with van der Waals surface area (Å²) in [5.41, 5.74) is -0.154. The van der Waals surface area contributed by atoms with Gasteiger partial charge >= 0.3 is 5.97 Å². The highest BCUT2D eigenvalue weighted by atomic mass is 19.1. The van der Waals surface area contributed by atoms with Gasteiger partial charge in [0.25, 0.3) is 0 Å². The third kappa shape index (κ3) is 3.60. The van der Waals surface area contributed by atoms with E-state index in [9.17, 15) is 13.6 Å². The van der Waals surface area contributed by atoms with E-state index in [2.05, 4.69) is 10.3 Å². The van der Waals surface area contributed by atoms with Crippen molar-refractivity contribution in [2.75, 3.05) is 13.6 Å². The fourth-order valence-electron chi connectivity index (χ4n) is 0.914. The van der Waals surface area contributed by atoms with Crippen molar-refractivity contribution >= 4 is 11.7 Å². The van der Waals surface area contributed by atoms with Crippen LogP contribution in [-0.2, 0) is 4.79 Å². The molecule has 0 amide bonds. The van der Waals surface area contributed by atoms with Crippen LogP contribution in [0.3, 0.4) is 0 Å². The van der Waals surface area contributed by atoms with E-state index < -0.39 is 17.6 Å². The van der Waals surface area contributed by atoms with Crippen LogP contribution in [0, 0.1) is 11.6 Å². The van der Waals surface area contributed by atoms with Crippen LogP contribution in [0.4, 0.5) is 14.5 Å². The van der Waals surface area contributed by atoms with Crippen LogP contribution in [0.2, 0.25) is 0 Å². The summed E-state index contributed by atoms with van der Waals surface area (Å²) in [4.78, 5) is 10.3. The summed E-state index contributed by atoms with van der Waals surface area (Å²) in [6, 6.07) is 2.82. The maximum Gasteiger partial charge on any atom is 0.324 e. The second kappa shape index (κ2) is 5.15. The fraction of sp³-hybridized carbons (Fsp3) is 0.222. The van der Waals surface area contributed by atoms with E-state index in [4.69, 9.17) is 5.11 Å². The summed E-state index contributed by atoms with van der Waals surface area (Å²) in [7, 11) is 1.37. The minimum Gasteiger partial charge on any atom is -0.480 e. The highest BCUT2D eigenvalue weighted by Crippen LogP contribution is 2.18. The Morgan fingerprint density at radius 2 is 2.19 bits per heavy atom. The van der Waals surface area contributed by atoms with E-state index in [0.717, 1.165) is 17.1 Å². The first-order chi connectivity index (χ1) is 7.49. The molecule has 0 saturated heterocycles. The number of hydrogen-bond donors (Lipinski definition) is 1. The van der Waals surface area contributed by atoms with Gasteiger partial charge in [-0.15, -0.1) is 5.11 Å². The van der Waals surface area contributed by atoms with Gasteiger partial charge in [-0.1, -0.05) is 5.22 Å². The second-order valence-electron chi connectivity index (χ2n) is 2.99. The molecule has 0 aromatic heterocycles. The topological polar surface area (TPSA) is 65.3 Å². The fourth-order valence-corrected chi connectivity index (χ4v) is 0.914. The molecule has 1 rings (SSSR count). The monoisotopic (exact) mass is 229 g/mol. The number of carboxylic acids is 1. The van der Waals surface area contributed by atoms with Gasteiger partial charge in [0.1, 0.15) is 18.0 Å². The molecule has 0 atom stereocenters. The lowest BCUT2D eigenvalue weighted by Gasteiger charge is -2.06. The van der Waals surface area contributed by atoms with E-state index >= 15 is 0 Å². The molecule has 0 saturated carbocycles. The largest absolute Gasteiger partial charge is 0.480 e. The Kier molecular flexibility index (Phi) is 3.87. The Balaban J connectivity index is 2.72. The first-order valence-corrected chi connectivity index (χ1v) is 4.28. The number of benzene rings is 1. The third-order valence-electron chi connectivity index (χ3n) is 1.58. The van der Waals surface area contributed by atoms with E-state index in [1.165, 1.54) is 7.05 Å². The van der Waals surface area contributed by atoms with Gasteiger partial charge in [-0.3, -0.25) is 9.80 Å². The van der Waals surface area contributed by atoms with Gasteiger partial charge in [0, 0.05) is 13.1 Å². The number of halogens is 2. The molecule has 0 fully saturated rings. The molecule has 0 heterocycles. The van der Waals surface area contributed by atoms with Gasteiger partial charge in [0.05, 0.1) is 0 Å². The maximum atomic E-state index is 13.0. The second-order valence-corrected chi connectivity index (χ2v) is 2.99. The zero-order valence-corrected chi connectivity index (χ0v) is 8.39. The summed E-state index contributed by atoms with van der Waals surface area (Å²) >= 11 is 0. The van der Waals surface area contributed by atoms with Crippen LogP contribution in [0.25, 0.3) is 0 Å². The Morgan fingerprint density at radius 3 is 2.75 bits per heavy atom. The number of aliphatic carboxylic acids is 1. The number of likely N-dealkylation sites (N-methyl/N-ethyl adjacent to an activating group) is 1. The predicted octanol–water partition coefficient (Wildman–Crippen LogP) is 1.98. The highest BCUT2D eigenvalue weighted by Gasteiger charge is 2.04. The van der Waals surface area contributed by atoms with Crippen molar-refractivity contribution < 1.29 is 18.7 Å². The van der Waals surface area contributed by atoms with Crippen LogP contribution in [0.1, 0.15) is 0 Å². The van der Waals surface area contributed by atoms with Gasteiger partial charge in [0.2, 0.25) is 0 Å². The lowest BCUT2D eigenvalue weighted by molar-refractivity contribution is -0.138. The molecule has 5 nitrogen and oxygen atoms in total. The Morgan fingerprint density at radius 1 is 1.50 bits per heavy atom. The van der Waals surface area contributed by atoms with E-state index in [0.29, 0.717) is 6.07 Å². The van der Waals surface area contributed by atoms with E-state index in [1.54, 1.807) is 0 Å². The number of rotatable bonds is 4. The first-order valence-electron chi connectivity index (χ1n) is 4.28. The number of carboxylic acid groups (broad SMARTS) is 1. The van der Waals surface area contributed by atoms with Crippen LogP contribution in [0.5, 0.6) is 0 Å². The minimum absolute atomic E-state index is 0.154. The van der Waals surface area contributed by atoms with Crippen molar-refractivity contribution in [2.45, 2.75) is 0 Å². The van der Waals surface area contributed by atoms with Crippen molar-refractivity contribution in [2.24, 2.45) is 10.3 Å². The van der Waals surface area contributed by atoms with Gasteiger partial charge < -0.3 is 5.11 Å². The molecular weight excluding hydrogens is 220 g/mol. The maximum absolute atomic E-state index is 13.0. The van der Waals surface area contributed by atoms with Gasteiger partial charge in [0.15, 0.2) is 5.82 Å². The molecule has 0 radical (unpaired) electrons. The lowest BCUT2D eigenvalue weighted by atomic mass is 10.3. The number of nitrogens with zero attached hydrogens (tertiary/aromatic N) is 3.